The van der Waals surface area contributed by atoms with Gasteiger partial charge in [0.15, 0.2) is 5.11 Å². The standard InChI is InChI=1S/C26H28FN5OS/c27-19-8-10-20(11-9-19)29-23(33)13-16-32-25(18-12-15-31(17-18)21-5-1-2-6-21)24(30-26(32)34)22-7-3-4-14-28-22/h3-4,7-12,14-15,17,21,24-25H,1-2,5-6,13,16H2,(H,29,33)(H,30,34)/t24-,25+/m1/s1. The third-order valence-electron chi connectivity index (χ3n) is 6.73. The first-order chi connectivity index (χ1) is 16.6. The van der Waals surface area contributed by atoms with E-state index >= 15 is 0 Å². The van der Waals surface area contributed by atoms with Gasteiger partial charge >= 0.3 is 0 Å². The monoisotopic (exact) mass is 477 g/mol. The van der Waals surface area contributed by atoms with Crippen molar-refractivity contribution in [2.75, 3.05) is 11.9 Å². The van der Waals surface area contributed by atoms with Crippen LogP contribution in [-0.2, 0) is 4.79 Å². The van der Waals surface area contributed by atoms with E-state index in [2.05, 4.69) is 43.5 Å². The highest BCUT2D eigenvalue weighted by molar-refractivity contribution is 7.80. The first kappa shape index (κ1) is 22.5. The van der Waals surface area contributed by atoms with E-state index in [1.807, 2.05) is 18.2 Å². The van der Waals surface area contributed by atoms with Gasteiger partial charge in [0, 0.05) is 43.3 Å². The van der Waals surface area contributed by atoms with E-state index in [1.54, 1.807) is 18.3 Å². The van der Waals surface area contributed by atoms with E-state index in [9.17, 15) is 9.18 Å². The Bertz CT molecular complexity index is 1140. The lowest BCUT2D eigenvalue weighted by molar-refractivity contribution is -0.116. The number of halogens is 1. The number of nitrogens with one attached hydrogen (secondary N) is 2. The molecule has 1 saturated carbocycles. The fourth-order valence-corrected chi connectivity index (χ4v) is 5.36. The fraction of sp³-hybridized carbons (Fsp3) is 0.346. The number of rotatable bonds is 7. The number of carbonyl (C=O) groups excluding carboxylic acids is 1. The molecule has 2 aliphatic rings. The molecule has 1 aliphatic heterocycles. The number of anilines is 1. The Labute approximate surface area is 204 Å². The van der Waals surface area contributed by atoms with E-state index in [1.165, 1.54) is 37.8 Å². The van der Waals surface area contributed by atoms with Crippen molar-refractivity contribution in [3.8, 4) is 0 Å². The summed E-state index contributed by atoms with van der Waals surface area (Å²) in [6.45, 7) is 0.460. The van der Waals surface area contributed by atoms with E-state index in [0.29, 0.717) is 23.4 Å². The number of carbonyl (C=O) groups is 1. The summed E-state index contributed by atoms with van der Waals surface area (Å²) in [4.78, 5) is 19.3. The third kappa shape index (κ3) is 4.82. The highest BCUT2D eigenvalue weighted by Gasteiger charge is 2.40. The van der Waals surface area contributed by atoms with Gasteiger partial charge in [-0.3, -0.25) is 9.78 Å². The number of benzene rings is 1. The lowest BCUT2D eigenvalue weighted by Crippen LogP contribution is -2.32. The lowest BCUT2D eigenvalue weighted by atomic mass is 9.99. The molecule has 2 fully saturated rings. The first-order valence-electron chi connectivity index (χ1n) is 11.8. The molecule has 8 heteroatoms. The quantitative estimate of drug-likeness (QED) is 0.462. The molecule has 1 saturated heterocycles. The van der Waals surface area contributed by atoms with Gasteiger partial charge in [0.05, 0.1) is 17.8 Å². The van der Waals surface area contributed by atoms with Gasteiger partial charge in [-0.25, -0.2) is 4.39 Å². The summed E-state index contributed by atoms with van der Waals surface area (Å²) in [6, 6.07) is 14.2. The van der Waals surface area contributed by atoms with Gasteiger partial charge in [-0.05, 0) is 73.1 Å². The molecular weight excluding hydrogens is 449 g/mol. The highest BCUT2D eigenvalue weighted by Crippen LogP contribution is 2.40. The molecule has 2 N–H and O–H groups in total. The van der Waals surface area contributed by atoms with Gasteiger partial charge in [-0.2, -0.15) is 0 Å². The van der Waals surface area contributed by atoms with Crippen molar-refractivity contribution in [3.05, 3.63) is 84.2 Å². The Morgan fingerprint density at radius 3 is 2.68 bits per heavy atom. The minimum Gasteiger partial charge on any atom is -0.352 e. The van der Waals surface area contributed by atoms with Gasteiger partial charge < -0.3 is 20.1 Å². The maximum atomic E-state index is 13.2. The van der Waals surface area contributed by atoms with Crippen molar-refractivity contribution in [2.45, 2.75) is 50.2 Å². The van der Waals surface area contributed by atoms with Crippen LogP contribution in [0.25, 0.3) is 0 Å². The van der Waals surface area contributed by atoms with Crippen molar-refractivity contribution in [1.82, 2.24) is 19.8 Å². The molecule has 2 atom stereocenters. The predicted molar refractivity (Wildman–Crippen MR) is 134 cm³/mol. The van der Waals surface area contributed by atoms with Crippen LogP contribution in [0, 0.1) is 5.82 Å². The predicted octanol–water partition coefficient (Wildman–Crippen LogP) is 5.14. The normalized spacial score (nSPS) is 20.5. The van der Waals surface area contributed by atoms with Crippen molar-refractivity contribution in [1.29, 1.82) is 0 Å². The average molecular weight is 478 g/mol. The topological polar surface area (TPSA) is 62.2 Å². The number of hydrogen-bond acceptors (Lipinski definition) is 3. The summed E-state index contributed by atoms with van der Waals surface area (Å²) in [5, 5.41) is 6.89. The largest absolute Gasteiger partial charge is 0.352 e. The van der Waals surface area contributed by atoms with Gasteiger partial charge in [0.25, 0.3) is 0 Å². The summed E-state index contributed by atoms with van der Waals surface area (Å²) in [5.41, 5.74) is 2.65. The smallest absolute Gasteiger partial charge is 0.226 e. The van der Waals surface area contributed by atoms with Crippen molar-refractivity contribution < 1.29 is 9.18 Å². The molecule has 176 valence electrons. The van der Waals surface area contributed by atoms with Crippen molar-refractivity contribution in [2.24, 2.45) is 0 Å². The maximum Gasteiger partial charge on any atom is 0.226 e. The molecular formula is C26H28FN5OS. The van der Waals surface area contributed by atoms with Crippen LogP contribution in [0.2, 0.25) is 0 Å². The van der Waals surface area contributed by atoms with Crippen molar-refractivity contribution in [3.63, 3.8) is 0 Å². The van der Waals surface area contributed by atoms with Crippen LogP contribution in [0.15, 0.2) is 67.1 Å². The minimum atomic E-state index is -0.334. The van der Waals surface area contributed by atoms with Crippen molar-refractivity contribution >= 4 is 28.9 Å². The second-order valence-corrected chi connectivity index (χ2v) is 9.34. The second kappa shape index (κ2) is 9.93. The Kier molecular flexibility index (Phi) is 6.58. The van der Waals surface area contributed by atoms with Crippen LogP contribution in [0.1, 0.15) is 61.5 Å². The maximum absolute atomic E-state index is 13.2. The first-order valence-corrected chi connectivity index (χ1v) is 12.2. The molecule has 6 nitrogen and oxygen atoms in total. The van der Waals surface area contributed by atoms with Gasteiger partial charge in [0.1, 0.15) is 5.82 Å². The molecule has 0 bridgehead atoms. The zero-order valence-corrected chi connectivity index (χ0v) is 19.7. The van der Waals surface area contributed by atoms with Gasteiger partial charge in [0.2, 0.25) is 5.91 Å². The van der Waals surface area contributed by atoms with E-state index < -0.39 is 0 Å². The molecule has 3 aromatic rings. The Balaban J connectivity index is 1.35. The van der Waals surface area contributed by atoms with E-state index in [0.717, 1.165) is 11.3 Å². The summed E-state index contributed by atoms with van der Waals surface area (Å²) < 4.78 is 15.5. The van der Waals surface area contributed by atoms with Crippen LogP contribution in [0.4, 0.5) is 10.1 Å². The number of nitrogens with zero attached hydrogens (tertiary/aromatic N) is 3. The van der Waals surface area contributed by atoms with Crippen LogP contribution < -0.4 is 10.6 Å². The summed E-state index contributed by atoms with van der Waals surface area (Å²) in [5.74, 6) is -0.475. The van der Waals surface area contributed by atoms with Crippen LogP contribution in [0.5, 0.6) is 0 Å². The summed E-state index contributed by atoms with van der Waals surface area (Å²) in [6.07, 6.45) is 11.4. The molecule has 5 rings (SSSR count). The fourth-order valence-electron chi connectivity index (χ4n) is 5.02. The zero-order chi connectivity index (χ0) is 23.5. The third-order valence-corrected chi connectivity index (χ3v) is 7.08. The number of thiocarbonyl (C=S) groups is 1. The zero-order valence-electron chi connectivity index (χ0n) is 18.9. The molecule has 1 aliphatic carbocycles. The Morgan fingerprint density at radius 1 is 1.15 bits per heavy atom. The van der Waals surface area contributed by atoms with Crippen LogP contribution >= 0.6 is 12.2 Å². The molecule has 0 unspecified atom stereocenters. The Hall–Kier alpha value is -3.26. The number of amides is 1. The van der Waals surface area contributed by atoms with E-state index in [-0.39, 0.29) is 30.2 Å². The number of aromatic nitrogens is 2. The highest BCUT2D eigenvalue weighted by atomic mass is 32.1. The van der Waals surface area contributed by atoms with Gasteiger partial charge in [-0.1, -0.05) is 18.9 Å². The minimum absolute atomic E-state index is 0.0660. The molecule has 34 heavy (non-hydrogen) atoms. The number of hydrogen-bond donors (Lipinski definition) is 2. The Morgan fingerprint density at radius 2 is 1.94 bits per heavy atom. The van der Waals surface area contributed by atoms with E-state index in [4.69, 9.17) is 12.2 Å². The average Bonchev–Trinajstić information content (AvgIpc) is 3.60. The van der Waals surface area contributed by atoms with Crippen LogP contribution in [0.3, 0.4) is 0 Å². The summed E-state index contributed by atoms with van der Waals surface area (Å²) >= 11 is 5.71. The number of pyridine rings is 1. The molecule has 3 heterocycles. The van der Waals surface area contributed by atoms with Gasteiger partial charge in [-0.15, -0.1) is 0 Å². The van der Waals surface area contributed by atoms with Crippen LogP contribution in [-0.4, -0.2) is 32.0 Å². The molecule has 1 aromatic carbocycles. The molecule has 2 aromatic heterocycles. The molecule has 0 spiro atoms. The molecule has 0 radical (unpaired) electrons. The lowest BCUT2D eigenvalue weighted by Gasteiger charge is -2.27. The SMILES string of the molecule is O=C(CCN1C(=S)N[C@H](c2ccccn2)[C@@H]1c1ccn(C2CCCC2)c1)Nc1ccc(F)cc1. The molecule has 1 amide bonds. The second-order valence-electron chi connectivity index (χ2n) is 8.96. The summed E-state index contributed by atoms with van der Waals surface area (Å²) in [7, 11) is 0.